The van der Waals surface area contributed by atoms with E-state index in [1.54, 1.807) is 12.3 Å². The van der Waals surface area contributed by atoms with E-state index < -0.39 is 6.04 Å². The van der Waals surface area contributed by atoms with Crippen LogP contribution >= 0.6 is 11.6 Å². The van der Waals surface area contributed by atoms with Crippen LogP contribution in [0.3, 0.4) is 0 Å². The maximum Gasteiger partial charge on any atom is 0.241 e. The van der Waals surface area contributed by atoms with Gasteiger partial charge in [-0.25, -0.2) is 4.98 Å². The van der Waals surface area contributed by atoms with Crippen LogP contribution in [0.5, 0.6) is 0 Å². The van der Waals surface area contributed by atoms with E-state index in [1.165, 1.54) is 0 Å². The summed E-state index contributed by atoms with van der Waals surface area (Å²) in [5.41, 5.74) is 7.01. The molecule has 0 saturated heterocycles. The predicted molar refractivity (Wildman–Crippen MR) is 60.9 cm³/mol. The number of amides is 1. The molecule has 0 unspecified atom stereocenters. The van der Waals surface area contributed by atoms with E-state index in [9.17, 15) is 4.79 Å². The van der Waals surface area contributed by atoms with Gasteiger partial charge >= 0.3 is 0 Å². The molecule has 0 bridgehead atoms. The van der Waals surface area contributed by atoms with Gasteiger partial charge in [0.2, 0.25) is 5.91 Å². The minimum atomic E-state index is -0.512. The maximum absolute atomic E-state index is 11.5. The van der Waals surface area contributed by atoms with Gasteiger partial charge in [-0.1, -0.05) is 18.5 Å². The lowest BCUT2D eigenvalue weighted by molar-refractivity contribution is -0.117. The Bertz CT molecular complexity index is 368. The molecule has 0 aromatic carbocycles. The van der Waals surface area contributed by atoms with Crippen LogP contribution in [0.2, 0.25) is 5.15 Å². The van der Waals surface area contributed by atoms with E-state index in [4.69, 9.17) is 17.3 Å². The molecule has 1 heterocycles. The van der Waals surface area contributed by atoms with Crippen LogP contribution in [-0.2, 0) is 4.79 Å². The second-order valence-electron chi connectivity index (χ2n) is 3.36. The van der Waals surface area contributed by atoms with Crippen LogP contribution in [0.25, 0.3) is 0 Å². The first-order valence-corrected chi connectivity index (χ1v) is 5.11. The monoisotopic (exact) mass is 227 g/mol. The number of rotatable bonds is 3. The summed E-state index contributed by atoms with van der Waals surface area (Å²) >= 11 is 5.82. The summed E-state index contributed by atoms with van der Waals surface area (Å²) < 4.78 is 0. The summed E-state index contributed by atoms with van der Waals surface area (Å²) in [6, 6.07) is 1.25. The van der Waals surface area contributed by atoms with Gasteiger partial charge in [-0.15, -0.1) is 0 Å². The molecule has 0 aliphatic heterocycles. The Morgan fingerprint density at radius 2 is 2.40 bits per heavy atom. The third-order valence-electron chi connectivity index (χ3n) is 2.01. The molecule has 3 N–H and O–H groups in total. The fourth-order valence-corrected chi connectivity index (χ4v) is 1.20. The Morgan fingerprint density at radius 1 is 1.73 bits per heavy atom. The molecule has 0 spiro atoms. The number of aromatic nitrogens is 1. The summed E-state index contributed by atoms with van der Waals surface area (Å²) in [7, 11) is 0. The fraction of sp³-hybridized carbons (Fsp3) is 0.400. The number of pyridine rings is 1. The van der Waals surface area contributed by atoms with Crippen molar-refractivity contribution < 1.29 is 4.79 Å². The van der Waals surface area contributed by atoms with Crippen LogP contribution in [0.1, 0.15) is 18.9 Å². The SMILES string of the molecule is CC[C@@H](N)C(=O)Nc1cc(C)cnc1Cl. The van der Waals surface area contributed by atoms with Gasteiger partial charge in [0.1, 0.15) is 0 Å². The Morgan fingerprint density at radius 3 is 3.00 bits per heavy atom. The highest BCUT2D eigenvalue weighted by Gasteiger charge is 2.12. The lowest BCUT2D eigenvalue weighted by Crippen LogP contribution is -2.34. The molecule has 0 radical (unpaired) electrons. The number of nitrogens with two attached hydrogens (primary N) is 1. The molecule has 82 valence electrons. The zero-order chi connectivity index (χ0) is 11.4. The van der Waals surface area contributed by atoms with Gasteiger partial charge < -0.3 is 11.1 Å². The van der Waals surface area contributed by atoms with Crippen molar-refractivity contribution in [2.24, 2.45) is 5.73 Å². The summed E-state index contributed by atoms with van der Waals surface area (Å²) in [6.07, 6.45) is 2.22. The summed E-state index contributed by atoms with van der Waals surface area (Å²) in [6.45, 7) is 3.72. The Hall–Kier alpha value is -1.13. The second-order valence-corrected chi connectivity index (χ2v) is 3.71. The van der Waals surface area contributed by atoms with Crippen molar-refractivity contribution in [2.45, 2.75) is 26.3 Å². The molecule has 0 aliphatic carbocycles. The standard InChI is InChI=1S/C10H14ClN3O/c1-3-7(12)10(15)14-8-4-6(2)5-13-9(8)11/h4-5,7H,3,12H2,1-2H3,(H,14,15)/t7-/m1/s1. The van der Waals surface area contributed by atoms with Gasteiger partial charge in [-0.2, -0.15) is 0 Å². The fourth-order valence-electron chi connectivity index (χ4n) is 1.05. The Kier molecular flexibility index (Phi) is 4.05. The molecule has 15 heavy (non-hydrogen) atoms. The summed E-state index contributed by atoms with van der Waals surface area (Å²) in [5, 5.41) is 2.92. The van der Waals surface area contributed by atoms with E-state index in [2.05, 4.69) is 10.3 Å². The van der Waals surface area contributed by atoms with Crippen LogP contribution < -0.4 is 11.1 Å². The molecule has 1 amide bonds. The normalized spacial score (nSPS) is 12.3. The topological polar surface area (TPSA) is 68.0 Å². The minimum absolute atomic E-state index is 0.244. The van der Waals surface area contributed by atoms with E-state index in [0.717, 1.165) is 5.56 Å². The van der Waals surface area contributed by atoms with Gasteiger partial charge in [-0.05, 0) is 25.0 Å². The number of carbonyl (C=O) groups excluding carboxylic acids is 1. The second kappa shape index (κ2) is 5.09. The number of nitrogens with zero attached hydrogens (tertiary/aromatic N) is 1. The molecular weight excluding hydrogens is 214 g/mol. The van der Waals surface area contributed by atoms with Crippen LogP contribution in [0.4, 0.5) is 5.69 Å². The van der Waals surface area contributed by atoms with Gasteiger partial charge in [0, 0.05) is 6.20 Å². The molecular formula is C10H14ClN3O. The first-order chi connectivity index (χ1) is 7.04. The number of aryl methyl sites for hydroxylation is 1. The molecule has 0 saturated carbocycles. The number of nitrogens with one attached hydrogen (secondary N) is 1. The maximum atomic E-state index is 11.5. The van der Waals surface area contributed by atoms with Gasteiger partial charge in [-0.3, -0.25) is 4.79 Å². The van der Waals surface area contributed by atoms with E-state index in [-0.39, 0.29) is 11.1 Å². The predicted octanol–water partition coefficient (Wildman–Crippen LogP) is 1.72. The number of anilines is 1. The molecule has 1 rings (SSSR count). The van der Waals surface area contributed by atoms with Crippen LogP contribution in [-0.4, -0.2) is 16.9 Å². The first kappa shape index (κ1) is 11.9. The number of hydrogen-bond acceptors (Lipinski definition) is 3. The third kappa shape index (κ3) is 3.18. The molecule has 5 heteroatoms. The first-order valence-electron chi connectivity index (χ1n) is 4.73. The van der Waals surface area contributed by atoms with Crippen molar-refractivity contribution >= 4 is 23.2 Å². The van der Waals surface area contributed by atoms with Crippen molar-refractivity contribution in [2.75, 3.05) is 5.32 Å². The van der Waals surface area contributed by atoms with E-state index in [0.29, 0.717) is 12.1 Å². The number of halogens is 1. The van der Waals surface area contributed by atoms with Crippen molar-refractivity contribution in [1.82, 2.24) is 4.98 Å². The highest BCUT2D eigenvalue weighted by atomic mass is 35.5. The number of hydrogen-bond donors (Lipinski definition) is 2. The van der Waals surface area contributed by atoms with E-state index >= 15 is 0 Å². The molecule has 0 aliphatic rings. The van der Waals surface area contributed by atoms with Gasteiger partial charge in [0.15, 0.2) is 5.15 Å². The van der Waals surface area contributed by atoms with Crippen molar-refractivity contribution in [1.29, 1.82) is 0 Å². The molecule has 0 fully saturated rings. The number of carbonyl (C=O) groups is 1. The molecule has 1 aromatic rings. The lowest BCUT2D eigenvalue weighted by atomic mass is 10.2. The molecule has 4 nitrogen and oxygen atoms in total. The average Bonchev–Trinajstić information content (AvgIpc) is 2.22. The average molecular weight is 228 g/mol. The highest BCUT2D eigenvalue weighted by molar-refractivity contribution is 6.32. The van der Waals surface area contributed by atoms with Gasteiger partial charge in [0.25, 0.3) is 0 Å². The van der Waals surface area contributed by atoms with Crippen molar-refractivity contribution in [3.05, 3.63) is 23.0 Å². The third-order valence-corrected chi connectivity index (χ3v) is 2.31. The largest absolute Gasteiger partial charge is 0.322 e. The van der Waals surface area contributed by atoms with Crippen molar-refractivity contribution in [3.63, 3.8) is 0 Å². The smallest absolute Gasteiger partial charge is 0.241 e. The summed E-state index contributed by atoms with van der Waals surface area (Å²) in [5.74, 6) is -0.244. The zero-order valence-corrected chi connectivity index (χ0v) is 9.51. The van der Waals surface area contributed by atoms with Crippen LogP contribution in [0.15, 0.2) is 12.3 Å². The Labute approximate surface area is 93.8 Å². The van der Waals surface area contributed by atoms with Crippen LogP contribution in [0, 0.1) is 6.92 Å². The van der Waals surface area contributed by atoms with E-state index in [1.807, 2.05) is 13.8 Å². The molecule has 1 aromatic heterocycles. The minimum Gasteiger partial charge on any atom is -0.322 e. The van der Waals surface area contributed by atoms with Crippen molar-refractivity contribution in [3.8, 4) is 0 Å². The lowest BCUT2D eigenvalue weighted by Gasteiger charge is -2.11. The van der Waals surface area contributed by atoms with Gasteiger partial charge in [0.05, 0.1) is 11.7 Å². The summed E-state index contributed by atoms with van der Waals surface area (Å²) in [4.78, 5) is 15.4. The Balaban J connectivity index is 2.80. The zero-order valence-electron chi connectivity index (χ0n) is 8.75. The highest BCUT2D eigenvalue weighted by Crippen LogP contribution is 2.19. The quantitative estimate of drug-likeness (QED) is 0.773. The molecule has 1 atom stereocenters.